The van der Waals surface area contributed by atoms with Crippen LogP contribution in [-0.4, -0.2) is 36.0 Å². The van der Waals surface area contributed by atoms with Gasteiger partial charge in [-0.25, -0.2) is 0 Å². The van der Waals surface area contributed by atoms with Gasteiger partial charge in [0.1, 0.15) is 12.1 Å². The molecule has 7 nitrogen and oxygen atoms in total. The molecular formula is C17H19N5O2S. The van der Waals surface area contributed by atoms with E-state index in [2.05, 4.69) is 19.9 Å². The second-order valence-electron chi connectivity index (χ2n) is 6.38. The maximum atomic E-state index is 12.7. The van der Waals surface area contributed by atoms with Crippen molar-refractivity contribution in [1.29, 1.82) is 0 Å². The first-order valence-electron chi connectivity index (χ1n) is 8.22. The summed E-state index contributed by atoms with van der Waals surface area (Å²) in [4.78, 5) is 12.7. The zero-order chi connectivity index (χ0) is 17.6. The first-order valence-corrected chi connectivity index (χ1v) is 9.21. The Kier molecular flexibility index (Phi) is 3.99. The first kappa shape index (κ1) is 16.1. The summed E-state index contributed by atoms with van der Waals surface area (Å²) >= 11 is 1.45. The van der Waals surface area contributed by atoms with Crippen molar-refractivity contribution in [2.45, 2.75) is 44.8 Å². The highest BCUT2D eigenvalue weighted by Gasteiger charge is 2.27. The van der Waals surface area contributed by atoms with Gasteiger partial charge in [-0.05, 0) is 39.7 Å². The molecule has 0 atom stereocenters. The van der Waals surface area contributed by atoms with E-state index in [1.807, 2.05) is 37.5 Å². The lowest BCUT2D eigenvalue weighted by atomic mass is 10.2. The van der Waals surface area contributed by atoms with E-state index in [4.69, 9.17) is 4.52 Å². The standard InChI is InChI=1S/C17H19N5O2S/c1-10-6-14(12(3)22(10)16-7-11(2)24-20-16)15(23)8-25-17-19-18-9-21(17)13-4-5-13/h6-7,9,13H,4-5,8H2,1-3H3. The quantitative estimate of drug-likeness (QED) is 0.497. The average molecular weight is 357 g/mol. The smallest absolute Gasteiger partial charge is 0.191 e. The molecule has 3 aromatic rings. The van der Waals surface area contributed by atoms with Crippen LogP contribution in [0.3, 0.4) is 0 Å². The number of thioether (sulfide) groups is 1. The lowest BCUT2D eigenvalue weighted by Gasteiger charge is -2.06. The van der Waals surface area contributed by atoms with Crippen molar-refractivity contribution in [2.24, 2.45) is 0 Å². The molecule has 0 saturated heterocycles. The van der Waals surface area contributed by atoms with Crippen LogP contribution < -0.4 is 0 Å². The van der Waals surface area contributed by atoms with Crippen molar-refractivity contribution < 1.29 is 9.32 Å². The van der Waals surface area contributed by atoms with Gasteiger partial charge in [-0.3, -0.25) is 9.36 Å². The third kappa shape index (κ3) is 3.02. The fraction of sp³-hybridized carbons (Fsp3) is 0.412. The van der Waals surface area contributed by atoms with Crippen LogP contribution in [0.2, 0.25) is 0 Å². The summed E-state index contributed by atoms with van der Waals surface area (Å²) in [5.41, 5.74) is 2.54. The van der Waals surface area contributed by atoms with Crippen molar-refractivity contribution in [1.82, 2.24) is 24.5 Å². The molecule has 0 amide bonds. The molecule has 4 rings (SSSR count). The van der Waals surface area contributed by atoms with E-state index in [-0.39, 0.29) is 5.78 Å². The van der Waals surface area contributed by atoms with Gasteiger partial charge in [0.2, 0.25) is 0 Å². The molecule has 1 aliphatic carbocycles. The molecule has 130 valence electrons. The second kappa shape index (κ2) is 6.18. The molecule has 1 aliphatic rings. The van der Waals surface area contributed by atoms with E-state index in [0.717, 1.165) is 35.1 Å². The number of Topliss-reactive ketones (excluding diaryl/α,β-unsaturated/α-hetero) is 1. The molecule has 1 saturated carbocycles. The minimum atomic E-state index is 0.0786. The number of nitrogens with zero attached hydrogens (tertiary/aromatic N) is 5. The van der Waals surface area contributed by atoms with Crippen LogP contribution in [0.25, 0.3) is 5.82 Å². The summed E-state index contributed by atoms with van der Waals surface area (Å²) in [6, 6.07) is 4.28. The Hall–Kier alpha value is -2.35. The maximum Gasteiger partial charge on any atom is 0.191 e. The Labute approximate surface area is 149 Å². The van der Waals surface area contributed by atoms with Crippen LogP contribution in [-0.2, 0) is 0 Å². The van der Waals surface area contributed by atoms with E-state index in [1.165, 1.54) is 11.8 Å². The van der Waals surface area contributed by atoms with E-state index >= 15 is 0 Å². The number of ketones is 1. The van der Waals surface area contributed by atoms with Gasteiger partial charge >= 0.3 is 0 Å². The van der Waals surface area contributed by atoms with Crippen LogP contribution in [0.5, 0.6) is 0 Å². The second-order valence-corrected chi connectivity index (χ2v) is 7.32. The van der Waals surface area contributed by atoms with E-state index in [0.29, 0.717) is 23.2 Å². The Balaban J connectivity index is 1.53. The van der Waals surface area contributed by atoms with Gasteiger partial charge in [-0.15, -0.1) is 10.2 Å². The zero-order valence-corrected chi connectivity index (χ0v) is 15.2. The summed E-state index contributed by atoms with van der Waals surface area (Å²) in [5.74, 6) is 1.86. The molecule has 0 radical (unpaired) electrons. The Morgan fingerprint density at radius 2 is 2.12 bits per heavy atom. The summed E-state index contributed by atoms with van der Waals surface area (Å²) in [7, 11) is 0. The molecule has 8 heteroatoms. The van der Waals surface area contributed by atoms with Crippen molar-refractivity contribution in [3.8, 4) is 5.82 Å². The van der Waals surface area contributed by atoms with Crippen LogP contribution in [0.1, 0.15) is 46.4 Å². The topological polar surface area (TPSA) is 78.7 Å². The Morgan fingerprint density at radius 3 is 2.80 bits per heavy atom. The Morgan fingerprint density at radius 1 is 1.32 bits per heavy atom. The fourth-order valence-electron chi connectivity index (χ4n) is 3.00. The third-order valence-electron chi connectivity index (χ3n) is 4.39. The highest BCUT2D eigenvalue weighted by Crippen LogP contribution is 2.37. The molecule has 0 aromatic carbocycles. The summed E-state index contributed by atoms with van der Waals surface area (Å²) in [6.07, 6.45) is 4.08. The van der Waals surface area contributed by atoms with Crippen molar-refractivity contribution in [2.75, 3.05) is 5.75 Å². The minimum absolute atomic E-state index is 0.0786. The van der Waals surface area contributed by atoms with Crippen LogP contribution in [0, 0.1) is 20.8 Å². The van der Waals surface area contributed by atoms with Crippen LogP contribution >= 0.6 is 11.8 Å². The predicted octanol–water partition coefficient (Wildman–Crippen LogP) is 3.29. The number of aromatic nitrogens is 5. The van der Waals surface area contributed by atoms with Gasteiger partial charge in [0, 0.05) is 29.1 Å². The van der Waals surface area contributed by atoms with Gasteiger partial charge in [0.25, 0.3) is 0 Å². The maximum absolute atomic E-state index is 12.7. The van der Waals surface area contributed by atoms with Gasteiger partial charge in [0.05, 0.1) is 5.75 Å². The fourth-order valence-corrected chi connectivity index (χ4v) is 3.87. The molecule has 1 fully saturated rings. The predicted molar refractivity (Wildman–Crippen MR) is 93.4 cm³/mol. The monoisotopic (exact) mass is 357 g/mol. The number of carbonyl (C=O) groups is 1. The highest BCUT2D eigenvalue weighted by molar-refractivity contribution is 7.99. The zero-order valence-electron chi connectivity index (χ0n) is 14.4. The van der Waals surface area contributed by atoms with Gasteiger partial charge in [-0.1, -0.05) is 16.9 Å². The third-order valence-corrected chi connectivity index (χ3v) is 5.35. The van der Waals surface area contributed by atoms with Crippen molar-refractivity contribution >= 4 is 17.5 Å². The average Bonchev–Trinajstić information content (AvgIpc) is 3.03. The van der Waals surface area contributed by atoms with Gasteiger partial charge in [-0.2, -0.15) is 0 Å². The molecule has 0 unspecified atom stereocenters. The largest absolute Gasteiger partial charge is 0.360 e. The number of rotatable bonds is 6. The minimum Gasteiger partial charge on any atom is -0.360 e. The molecule has 0 bridgehead atoms. The molecule has 0 aliphatic heterocycles. The van der Waals surface area contributed by atoms with Crippen molar-refractivity contribution in [3.05, 3.63) is 41.2 Å². The number of hydrogen-bond acceptors (Lipinski definition) is 6. The van der Waals surface area contributed by atoms with Gasteiger partial charge < -0.3 is 9.09 Å². The number of carbonyl (C=O) groups excluding carboxylic acids is 1. The van der Waals surface area contributed by atoms with Gasteiger partial charge in [0.15, 0.2) is 16.8 Å². The van der Waals surface area contributed by atoms with E-state index in [9.17, 15) is 4.79 Å². The summed E-state index contributed by atoms with van der Waals surface area (Å²) in [5, 5.41) is 13.0. The summed E-state index contributed by atoms with van der Waals surface area (Å²) in [6.45, 7) is 5.75. The number of aryl methyl sites for hydroxylation is 2. The molecule has 0 spiro atoms. The number of hydrogen-bond donors (Lipinski definition) is 0. The molecule has 25 heavy (non-hydrogen) atoms. The van der Waals surface area contributed by atoms with Crippen LogP contribution in [0.4, 0.5) is 0 Å². The SMILES string of the molecule is Cc1cc(-n2c(C)cc(C(=O)CSc3nncn3C3CC3)c2C)no1. The lowest BCUT2D eigenvalue weighted by Crippen LogP contribution is -2.06. The van der Waals surface area contributed by atoms with Crippen molar-refractivity contribution in [3.63, 3.8) is 0 Å². The summed E-state index contributed by atoms with van der Waals surface area (Å²) < 4.78 is 9.17. The Bertz CT molecular complexity index is 935. The van der Waals surface area contributed by atoms with E-state index in [1.54, 1.807) is 6.33 Å². The van der Waals surface area contributed by atoms with Crippen LogP contribution in [0.15, 0.2) is 28.1 Å². The van der Waals surface area contributed by atoms with E-state index < -0.39 is 0 Å². The first-order chi connectivity index (χ1) is 12.0. The molecular weight excluding hydrogens is 338 g/mol. The normalized spacial score (nSPS) is 14.2. The highest BCUT2D eigenvalue weighted by atomic mass is 32.2. The molecule has 3 aromatic heterocycles. The lowest BCUT2D eigenvalue weighted by molar-refractivity contribution is 0.102. The molecule has 3 heterocycles. The molecule has 0 N–H and O–H groups in total.